The Hall–Kier alpha value is 2.20. The van der Waals surface area contributed by atoms with Crippen molar-refractivity contribution >= 4 is 26.5 Å². The second-order valence-corrected chi connectivity index (χ2v) is 63.4. The molecular formula is C36H84ClP3Rh. The van der Waals surface area contributed by atoms with Gasteiger partial charge in [-0.1, -0.05) is 0 Å². The Labute approximate surface area is 270 Å². The average molecular weight is 748 g/mol. The zero-order chi connectivity index (χ0) is 31.1. The van der Waals surface area contributed by atoms with Crippen LogP contribution in [-0.4, -0.2) is 55.5 Å². The standard InChI is InChI=1S/3C12H27P.ClH.Rh/c3*1-4-7-10-13(11-8-5-2)12-9-6-3;;/h3*4-12H2,1-3H3;1H;/q;;;;-2/p+2. The quantitative estimate of drug-likeness (QED) is 0.0507. The molecule has 0 heterocycles. The van der Waals surface area contributed by atoms with Gasteiger partial charge in [-0.25, -0.2) is 0 Å². The van der Waals surface area contributed by atoms with Gasteiger partial charge in [0.25, 0.3) is 0 Å². The third kappa shape index (κ3) is 12.4. The molecule has 0 N–H and O–H groups in total. The van der Waals surface area contributed by atoms with Crippen LogP contribution in [-0.2, 0) is 12.3 Å². The Kier molecular flexibility index (Phi) is 26.7. The maximum absolute atomic E-state index is 9.57. The van der Waals surface area contributed by atoms with E-state index in [9.17, 15) is 9.69 Å². The van der Waals surface area contributed by atoms with E-state index in [0.717, 1.165) is 0 Å². The molecule has 0 nitrogen and oxygen atoms in total. The van der Waals surface area contributed by atoms with Crippen LogP contribution < -0.4 is 0 Å². The van der Waals surface area contributed by atoms with Crippen LogP contribution in [0.3, 0.4) is 0 Å². The summed E-state index contributed by atoms with van der Waals surface area (Å²) in [5.74, 6) is 0. The van der Waals surface area contributed by atoms with Gasteiger partial charge >= 0.3 is 272 Å². The third-order valence-electron chi connectivity index (χ3n) is 10.2. The molecule has 0 saturated heterocycles. The van der Waals surface area contributed by atoms with Crippen molar-refractivity contribution in [3.8, 4) is 0 Å². The first-order valence-electron chi connectivity index (χ1n) is 19.2. The van der Waals surface area contributed by atoms with E-state index in [-0.39, 0.29) is 0 Å². The Morgan fingerprint density at radius 1 is 0.293 bits per heavy atom. The molecule has 41 heavy (non-hydrogen) atoms. The van der Waals surface area contributed by atoms with Crippen LogP contribution in [0.4, 0.5) is 0 Å². The summed E-state index contributed by atoms with van der Waals surface area (Å²) in [5, 5.41) is 0. The summed E-state index contributed by atoms with van der Waals surface area (Å²) in [6.07, 6.45) is 40.6. The van der Waals surface area contributed by atoms with E-state index in [2.05, 4.69) is 62.3 Å². The van der Waals surface area contributed by atoms with Crippen LogP contribution in [0.5, 0.6) is 0 Å². The average Bonchev–Trinajstić information content (AvgIpc) is 3.00. The van der Waals surface area contributed by atoms with E-state index in [1.54, 1.807) is 55.5 Å². The second-order valence-electron chi connectivity index (χ2n) is 13.7. The van der Waals surface area contributed by atoms with Gasteiger partial charge in [-0.2, -0.15) is 0 Å². The fourth-order valence-electron chi connectivity index (χ4n) is 7.65. The molecule has 0 rings (SSSR count). The summed E-state index contributed by atoms with van der Waals surface area (Å²) < 4.78 is 0. The van der Waals surface area contributed by atoms with Crippen LogP contribution in [0, 0.1) is 0 Å². The topological polar surface area (TPSA) is 0 Å². The van der Waals surface area contributed by atoms with Crippen molar-refractivity contribution in [2.24, 2.45) is 0 Å². The maximum atomic E-state index is 9.57. The summed E-state index contributed by atoms with van der Waals surface area (Å²) in [4.78, 5) is 0. The summed E-state index contributed by atoms with van der Waals surface area (Å²) in [6, 6.07) is 0. The van der Waals surface area contributed by atoms with Crippen LogP contribution >= 0.6 is 26.5 Å². The summed E-state index contributed by atoms with van der Waals surface area (Å²) in [7, 11) is 9.57. The van der Waals surface area contributed by atoms with Crippen molar-refractivity contribution in [1.82, 2.24) is 0 Å². The Morgan fingerprint density at radius 2 is 0.415 bits per heavy atom. The van der Waals surface area contributed by atoms with Gasteiger partial charge in [0.05, 0.1) is 0 Å². The molecule has 0 aliphatic rings. The minimum atomic E-state index is -2.39. The van der Waals surface area contributed by atoms with E-state index >= 15 is 0 Å². The second kappa shape index (κ2) is 25.3. The molecule has 0 aromatic rings. The SMILES string of the molecule is CCCC[PH](CCCC)(CCCC)[Rh]([Cl])([PH](CCCC)(CCCC)CCCC)[PH](CCCC)(CCCC)CCCC. The van der Waals surface area contributed by atoms with Gasteiger partial charge in [0.2, 0.25) is 0 Å². The molecule has 259 valence electrons. The normalized spacial score (nSPS) is 16.4. The molecule has 0 spiro atoms. The van der Waals surface area contributed by atoms with Gasteiger partial charge in [-0.05, 0) is 0 Å². The molecule has 0 aromatic carbocycles. The van der Waals surface area contributed by atoms with Crippen molar-refractivity contribution in [2.75, 3.05) is 55.5 Å². The molecule has 0 aliphatic heterocycles. The van der Waals surface area contributed by atoms with E-state index in [0.29, 0.717) is 0 Å². The number of unbranched alkanes of at least 4 members (excludes halogenated alkanes) is 9. The Balaban J connectivity index is 8.13. The molecule has 0 bridgehead atoms. The van der Waals surface area contributed by atoms with Crippen molar-refractivity contribution in [3.63, 3.8) is 0 Å². The van der Waals surface area contributed by atoms with Crippen LogP contribution in [0.2, 0.25) is 0 Å². The Bertz CT molecular complexity index is 455. The van der Waals surface area contributed by atoms with E-state index in [4.69, 9.17) is 0 Å². The first-order chi connectivity index (χ1) is 19.8. The van der Waals surface area contributed by atoms with Crippen molar-refractivity contribution in [1.29, 1.82) is 0 Å². The summed E-state index contributed by atoms with van der Waals surface area (Å²) in [5.41, 5.74) is -4.90. The van der Waals surface area contributed by atoms with Crippen molar-refractivity contribution < 1.29 is 12.3 Å². The molecule has 0 fully saturated rings. The van der Waals surface area contributed by atoms with Crippen LogP contribution in [0.25, 0.3) is 0 Å². The van der Waals surface area contributed by atoms with E-state index in [1.807, 2.05) is 0 Å². The van der Waals surface area contributed by atoms with Gasteiger partial charge in [-0.15, -0.1) is 0 Å². The zero-order valence-electron chi connectivity index (χ0n) is 30.3. The van der Waals surface area contributed by atoms with E-state index in [1.165, 1.54) is 116 Å². The molecular weight excluding hydrogens is 664 g/mol. The molecule has 0 unspecified atom stereocenters. The minimum absolute atomic E-state index is 1.39. The molecule has 0 amide bonds. The van der Waals surface area contributed by atoms with Crippen LogP contribution in [0.15, 0.2) is 0 Å². The molecule has 0 radical (unpaired) electrons. The van der Waals surface area contributed by atoms with E-state index < -0.39 is 29.1 Å². The number of hydrogen-bond donors (Lipinski definition) is 0. The zero-order valence-corrected chi connectivity index (χ0v) is 35.7. The van der Waals surface area contributed by atoms with Gasteiger partial charge in [0.1, 0.15) is 0 Å². The van der Waals surface area contributed by atoms with Crippen molar-refractivity contribution in [3.05, 3.63) is 0 Å². The van der Waals surface area contributed by atoms with Gasteiger partial charge < -0.3 is 0 Å². The van der Waals surface area contributed by atoms with Gasteiger partial charge in [-0.3, -0.25) is 0 Å². The van der Waals surface area contributed by atoms with Crippen molar-refractivity contribution in [2.45, 2.75) is 178 Å². The molecule has 5 heteroatoms. The van der Waals surface area contributed by atoms with Gasteiger partial charge in [0, 0.05) is 0 Å². The third-order valence-corrected chi connectivity index (χ3v) is 109. The number of halogens is 1. The number of rotatable bonds is 30. The van der Waals surface area contributed by atoms with Crippen LogP contribution in [0.1, 0.15) is 178 Å². The fraction of sp³-hybridized carbons (Fsp3) is 1.00. The molecule has 0 atom stereocenters. The summed E-state index contributed by atoms with van der Waals surface area (Å²) in [6.45, 7) is 22.4. The predicted octanol–water partition coefficient (Wildman–Crippen LogP) is 14.5. The first-order valence-corrected chi connectivity index (χ1v) is 36.0. The summed E-state index contributed by atoms with van der Waals surface area (Å²) >= 11 is -2.39. The van der Waals surface area contributed by atoms with Gasteiger partial charge in [0.15, 0.2) is 0 Å². The molecule has 0 aliphatic carbocycles. The Morgan fingerprint density at radius 3 is 0.512 bits per heavy atom. The molecule has 0 saturated carbocycles. The number of hydrogen-bond acceptors (Lipinski definition) is 0. The molecule has 0 aromatic heterocycles. The first kappa shape index (κ1) is 43.2. The predicted molar refractivity (Wildman–Crippen MR) is 209 cm³/mol. The fourth-order valence-corrected chi connectivity index (χ4v) is 139. The monoisotopic (exact) mass is 747 g/mol.